The summed E-state index contributed by atoms with van der Waals surface area (Å²) >= 11 is 0. The van der Waals surface area contributed by atoms with Crippen LogP contribution in [0, 0.1) is 0 Å². The predicted molar refractivity (Wildman–Crippen MR) is 73.3 cm³/mol. The predicted octanol–water partition coefficient (Wildman–Crippen LogP) is 1.20. The lowest BCUT2D eigenvalue weighted by atomic mass is 10.1. The van der Waals surface area contributed by atoms with E-state index in [-0.39, 0.29) is 17.2 Å². The number of nitrogens with one attached hydrogen (secondary N) is 1. The van der Waals surface area contributed by atoms with Crippen LogP contribution in [0.2, 0.25) is 0 Å². The van der Waals surface area contributed by atoms with Gasteiger partial charge in [-0.25, -0.2) is 0 Å². The second-order valence-electron chi connectivity index (χ2n) is 4.15. The molecule has 5 heteroatoms. The maximum absolute atomic E-state index is 12.2. The second-order valence-corrected chi connectivity index (χ2v) is 4.15. The van der Waals surface area contributed by atoms with E-state index in [9.17, 15) is 9.59 Å². The number of carbonyl (C=O) groups is 1. The molecule has 0 aliphatic rings. The van der Waals surface area contributed by atoms with E-state index in [2.05, 4.69) is 5.32 Å². The molecule has 0 aliphatic carbocycles. The van der Waals surface area contributed by atoms with Gasteiger partial charge in [-0.15, -0.1) is 4.73 Å². The molecule has 2 aromatic rings. The Morgan fingerprint density at radius 1 is 1.37 bits per heavy atom. The Morgan fingerprint density at radius 3 is 2.79 bits per heavy atom. The number of aromatic nitrogens is 1. The first-order valence-corrected chi connectivity index (χ1v) is 6.16. The number of nitrogens with zero attached hydrogens (tertiary/aromatic N) is 1. The van der Waals surface area contributed by atoms with Gasteiger partial charge in [0.2, 0.25) is 0 Å². The number of hydrogen-bond acceptors (Lipinski definition) is 3. The van der Waals surface area contributed by atoms with Crippen LogP contribution in [0.4, 0.5) is 0 Å². The van der Waals surface area contributed by atoms with Gasteiger partial charge in [0.15, 0.2) is 0 Å². The quantitative estimate of drug-likeness (QED) is 0.898. The van der Waals surface area contributed by atoms with Crippen LogP contribution in [-0.4, -0.2) is 24.3 Å². The van der Waals surface area contributed by atoms with Crippen LogP contribution in [0.1, 0.15) is 23.8 Å². The molecule has 1 amide bonds. The molecular weight excluding hydrogens is 244 g/mol. The SMILES string of the molecule is CCCNC(=O)c1cc2ccccc2c(=O)n1OC. The van der Waals surface area contributed by atoms with E-state index in [0.717, 1.165) is 16.5 Å². The van der Waals surface area contributed by atoms with Crippen LogP contribution in [-0.2, 0) is 0 Å². The van der Waals surface area contributed by atoms with E-state index in [1.165, 1.54) is 7.11 Å². The highest BCUT2D eigenvalue weighted by Crippen LogP contribution is 2.11. The van der Waals surface area contributed by atoms with Crippen LogP contribution in [0.3, 0.4) is 0 Å². The molecule has 0 unspecified atom stereocenters. The van der Waals surface area contributed by atoms with Crippen LogP contribution < -0.4 is 15.7 Å². The van der Waals surface area contributed by atoms with Crippen molar-refractivity contribution >= 4 is 16.7 Å². The van der Waals surface area contributed by atoms with Crippen molar-refractivity contribution in [2.45, 2.75) is 13.3 Å². The zero-order chi connectivity index (χ0) is 13.8. The van der Waals surface area contributed by atoms with Gasteiger partial charge in [-0.3, -0.25) is 9.59 Å². The summed E-state index contributed by atoms with van der Waals surface area (Å²) in [6, 6.07) is 8.77. The first-order valence-electron chi connectivity index (χ1n) is 6.16. The minimum absolute atomic E-state index is 0.208. The maximum atomic E-state index is 12.2. The Bertz CT molecular complexity index is 661. The molecule has 5 nitrogen and oxygen atoms in total. The lowest BCUT2D eigenvalue weighted by Crippen LogP contribution is -2.35. The molecular formula is C14H16N2O3. The summed E-state index contributed by atoms with van der Waals surface area (Å²) in [5, 5.41) is 3.99. The lowest BCUT2D eigenvalue weighted by molar-refractivity contribution is 0.0884. The average molecular weight is 260 g/mol. The van der Waals surface area contributed by atoms with E-state index in [4.69, 9.17) is 4.84 Å². The Kier molecular flexibility index (Phi) is 3.85. The molecule has 2 rings (SSSR count). The van der Waals surface area contributed by atoms with Gasteiger partial charge in [-0.05, 0) is 23.9 Å². The number of rotatable bonds is 4. The zero-order valence-corrected chi connectivity index (χ0v) is 11.0. The highest BCUT2D eigenvalue weighted by molar-refractivity contribution is 5.96. The van der Waals surface area contributed by atoms with Crippen LogP contribution in [0.15, 0.2) is 35.1 Å². The van der Waals surface area contributed by atoms with Gasteiger partial charge in [0.1, 0.15) is 12.8 Å². The molecule has 1 heterocycles. The maximum Gasteiger partial charge on any atom is 0.291 e. The number of fused-ring (bicyclic) bond motifs is 1. The Morgan fingerprint density at radius 2 is 2.11 bits per heavy atom. The van der Waals surface area contributed by atoms with Crippen molar-refractivity contribution in [1.29, 1.82) is 0 Å². The minimum atomic E-state index is -0.331. The molecule has 0 radical (unpaired) electrons. The van der Waals surface area contributed by atoms with Gasteiger partial charge in [-0.1, -0.05) is 25.1 Å². The molecule has 0 saturated carbocycles. The topological polar surface area (TPSA) is 60.3 Å². The Hall–Kier alpha value is -2.30. The molecule has 1 N–H and O–H groups in total. The van der Waals surface area contributed by atoms with E-state index in [1.54, 1.807) is 24.3 Å². The smallest absolute Gasteiger partial charge is 0.291 e. The minimum Gasteiger partial charge on any atom is -0.413 e. The second kappa shape index (κ2) is 5.56. The molecule has 100 valence electrons. The highest BCUT2D eigenvalue weighted by Gasteiger charge is 2.15. The summed E-state index contributed by atoms with van der Waals surface area (Å²) in [4.78, 5) is 29.3. The number of amides is 1. The molecule has 0 atom stereocenters. The van der Waals surface area contributed by atoms with E-state index < -0.39 is 0 Å². The monoisotopic (exact) mass is 260 g/mol. The van der Waals surface area contributed by atoms with Crippen molar-refractivity contribution < 1.29 is 9.63 Å². The largest absolute Gasteiger partial charge is 0.413 e. The van der Waals surface area contributed by atoms with Gasteiger partial charge < -0.3 is 10.2 Å². The number of hydrogen-bond donors (Lipinski definition) is 1. The van der Waals surface area contributed by atoms with Gasteiger partial charge in [-0.2, -0.15) is 0 Å². The van der Waals surface area contributed by atoms with E-state index >= 15 is 0 Å². The fraction of sp³-hybridized carbons (Fsp3) is 0.286. The summed E-state index contributed by atoms with van der Waals surface area (Å²) in [5.74, 6) is -0.313. The summed E-state index contributed by atoms with van der Waals surface area (Å²) in [5.41, 5.74) is -0.123. The Balaban J connectivity index is 2.60. The molecule has 0 bridgehead atoms. The Labute approximate surface area is 110 Å². The third-order valence-corrected chi connectivity index (χ3v) is 2.84. The van der Waals surface area contributed by atoms with Crippen molar-refractivity contribution in [3.8, 4) is 0 Å². The third-order valence-electron chi connectivity index (χ3n) is 2.84. The van der Waals surface area contributed by atoms with Gasteiger partial charge in [0, 0.05) is 6.54 Å². The van der Waals surface area contributed by atoms with Gasteiger partial charge >= 0.3 is 0 Å². The summed E-state index contributed by atoms with van der Waals surface area (Å²) in [6.07, 6.45) is 0.830. The van der Waals surface area contributed by atoms with Crippen molar-refractivity contribution in [2.75, 3.05) is 13.7 Å². The number of benzene rings is 1. The van der Waals surface area contributed by atoms with Crippen LogP contribution in [0.25, 0.3) is 10.8 Å². The van der Waals surface area contributed by atoms with Crippen molar-refractivity contribution in [2.24, 2.45) is 0 Å². The lowest BCUT2D eigenvalue weighted by Gasteiger charge is -2.12. The molecule has 1 aromatic carbocycles. The first kappa shape index (κ1) is 13.1. The van der Waals surface area contributed by atoms with E-state index in [0.29, 0.717) is 11.9 Å². The van der Waals surface area contributed by atoms with Crippen LogP contribution >= 0.6 is 0 Å². The fourth-order valence-corrected chi connectivity index (χ4v) is 1.91. The highest BCUT2D eigenvalue weighted by atomic mass is 16.6. The van der Waals surface area contributed by atoms with Crippen molar-refractivity contribution in [3.63, 3.8) is 0 Å². The van der Waals surface area contributed by atoms with Gasteiger partial charge in [0.25, 0.3) is 11.5 Å². The molecule has 0 fully saturated rings. The van der Waals surface area contributed by atoms with Crippen molar-refractivity contribution in [1.82, 2.24) is 10.0 Å². The third kappa shape index (κ3) is 2.45. The van der Waals surface area contributed by atoms with Crippen molar-refractivity contribution in [3.05, 3.63) is 46.4 Å². The molecule has 19 heavy (non-hydrogen) atoms. The number of carbonyl (C=O) groups excluding carboxylic acids is 1. The molecule has 0 spiro atoms. The first-order chi connectivity index (χ1) is 9.19. The average Bonchev–Trinajstić information content (AvgIpc) is 2.44. The standard InChI is InChI=1S/C14H16N2O3/c1-3-8-15-13(17)12-9-10-6-4-5-7-11(10)14(18)16(12)19-2/h4-7,9H,3,8H2,1-2H3,(H,15,17). The zero-order valence-electron chi connectivity index (χ0n) is 11.0. The fourth-order valence-electron chi connectivity index (χ4n) is 1.91. The normalized spacial score (nSPS) is 10.4. The molecule has 0 aliphatic heterocycles. The van der Waals surface area contributed by atoms with E-state index in [1.807, 2.05) is 13.0 Å². The number of pyridine rings is 1. The van der Waals surface area contributed by atoms with Gasteiger partial charge in [0.05, 0.1) is 5.39 Å². The summed E-state index contributed by atoms with van der Waals surface area (Å²) in [7, 11) is 1.37. The molecule has 0 saturated heterocycles. The molecule has 1 aromatic heterocycles. The summed E-state index contributed by atoms with van der Waals surface area (Å²) in [6.45, 7) is 2.52. The summed E-state index contributed by atoms with van der Waals surface area (Å²) < 4.78 is 1.02. The van der Waals surface area contributed by atoms with Crippen LogP contribution in [0.5, 0.6) is 0 Å².